The van der Waals surface area contributed by atoms with Crippen LogP contribution in [-0.2, 0) is 11.3 Å². The molecule has 0 aliphatic heterocycles. The number of benzene rings is 1. The molecule has 2 N–H and O–H groups in total. The highest BCUT2D eigenvalue weighted by atomic mass is 32.1. The second kappa shape index (κ2) is 6.66. The van der Waals surface area contributed by atoms with Crippen LogP contribution in [0.15, 0.2) is 47.2 Å². The summed E-state index contributed by atoms with van der Waals surface area (Å²) in [4.78, 5) is 28.9. The third-order valence-corrected chi connectivity index (χ3v) is 4.33. The summed E-state index contributed by atoms with van der Waals surface area (Å²) in [6, 6.07) is 11.4. The first-order chi connectivity index (χ1) is 11.1. The van der Waals surface area contributed by atoms with Crippen LogP contribution < -0.4 is 5.32 Å². The van der Waals surface area contributed by atoms with Gasteiger partial charge >= 0.3 is 0 Å². The van der Waals surface area contributed by atoms with E-state index in [-0.39, 0.29) is 18.4 Å². The van der Waals surface area contributed by atoms with Crippen molar-refractivity contribution in [3.05, 3.63) is 58.4 Å². The fraction of sp³-hybridized carbons (Fsp3) is 0.176. The molecule has 5 nitrogen and oxygen atoms in total. The number of carbonyl (C=O) groups excluding carboxylic acids is 2. The van der Waals surface area contributed by atoms with Crippen molar-refractivity contribution in [2.45, 2.75) is 6.54 Å². The van der Waals surface area contributed by atoms with E-state index in [1.807, 2.05) is 41.1 Å². The molecule has 2 amide bonds. The van der Waals surface area contributed by atoms with Gasteiger partial charge in [-0.2, -0.15) is 11.3 Å². The molecule has 0 fully saturated rings. The fourth-order valence-corrected chi connectivity index (χ4v) is 2.99. The number of carbonyl (C=O) groups is 2. The van der Waals surface area contributed by atoms with Crippen molar-refractivity contribution in [1.29, 1.82) is 0 Å². The van der Waals surface area contributed by atoms with Crippen molar-refractivity contribution in [3.8, 4) is 0 Å². The first-order valence-electron chi connectivity index (χ1n) is 7.24. The van der Waals surface area contributed by atoms with E-state index in [2.05, 4.69) is 10.3 Å². The number of H-pyrrole nitrogens is 1. The number of rotatable bonds is 5. The monoisotopic (exact) mass is 327 g/mol. The van der Waals surface area contributed by atoms with Gasteiger partial charge in [0, 0.05) is 24.5 Å². The first-order valence-corrected chi connectivity index (χ1v) is 8.19. The Morgan fingerprint density at radius 2 is 2.09 bits per heavy atom. The van der Waals surface area contributed by atoms with E-state index in [4.69, 9.17) is 0 Å². The maximum atomic E-state index is 12.1. The molecule has 2 heterocycles. The molecule has 0 aliphatic carbocycles. The third-order valence-electron chi connectivity index (χ3n) is 3.60. The van der Waals surface area contributed by atoms with Gasteiger partial charge in [0.1, 0.15) is 5.69 Å². The van der Waals surface area contributed by atoms with Crippen molar-refractivity contribution < 1.29 is 9.59 Å². The van der Waals surface area contributed by atoms with E-state index in [1.54, 1.807) is 29.4 Å². The molecule has 23 heavy (non-hydrogen) atoms. The van der Waals surface area contributed by atoms with Crippen LogP contribution in [0.5, 0.6) is 0 Å². The molecule has 0 saturated heterocycles. The largest absolute Gasteiger partial charge is 0.351 e. The molecular weight excluding hydrogens is 310 g/mol. The average Bonchev–Trinajstić information content (AvgIpc) is 3.20. The summed E-state index contributed by atoms with van der Waals surface area (Å²) in [6.45, 7) is 0.527. The van der Waals surface area contributed by atoms with Gasteiger partial charge in [0.2, 0.25) is 5.91 Å². The van der Waals surface area contributed by atoms with Crippen LogP contribution in [0.2, 0.25) is 0 Å². The van der Waals surface area contributed by atoms with Gasteiger partial charge in [0.05, 0.1) is 6.54 Å². The van der Waals surface area contributed by atoms with E-state index >= 15 is 0 Å². The highest BCUT2D eigenvalue weighted by Crippen LogP contribution is 2.14. The number of amides is 2. The predicted octanol–water partition coefficient (Wildman–Crippen LogP) is 2.62. The minimum atomic E-state index is -0.279. The number of fused-ring (bicyclic) bond motifs is 1. The Morgan fingerprint density at radius 3 is 2.83 bits per heavy atom. The molecule has 0 radical (unpaired) electrons. The number of aromatic amines is 1. The zero-order chi connectivity index (χ0) is 16.2. The molecule has 2 aromatic heterocycles. The van der Waals surface area contributed by atoms with Gasteiger partial charge < -0.3 is 15.2 Å². The van der Waals surface area contributed by atoms with Crippen LogP contribution in [0.25, 0.3) is 10.9 Å². The summed E-state index contributed by atoms with van der Waals surface area (Å²) in [5, 5.41) is 7.62. The molecular formula is C17H17N3O2S. The Kier molecular flexibility index (Phi) is 4.43. The van der Waals surface area contributed by atoms with Crippen molar-refractivity contribution in [2.75, 3.05) is 13.6 Å². The van der Waals surface area contributed by atoms with E-state index in [0.29, 0.717) is 12.2 Å². The number of hydrogen-bond donors (Lipinski definition) is 2. The topological polar surface area (TPSA) is 65.2 Å². The van der Waals surface area contributed by atoms with E-state index in [9.17, 15) is 9.59 Å². The van der Waals surface area contributed by atoms with Gasteiger partial charge in [-0.25, -0.2) is 0 Å². The van der Waals surface area contributed by atoms with Crippen LogP contribution in [0.4, 0.5) is 0 Å². The Bertz CT molecular complexity index is 790. The molecule has 1 aromatic carbocycles. The lowest BCUT2D eigenvalue weighted by Gasteiger charge is -2.16. The number of aromatic nitrogens is 1. The van der Waals surface area contributed by atoms with Crippen molar-refractivity contribution in [1.82, 2.24) is 15.2 Å². The lowest BCUT2D eigenvalue weighted by molar-refractivity contribution is -0.129. The highest BCUT2D eigenvalue weighted by molar-refractivity contribution is 7.07. The number of para-hydroxylation sites is 1. The van der Waals surface area contributed by atoms with Crippen LogP contribution in [0, 0.1) is 0 Å². The van der Waals surface area contributed by atoms with Crippen LogP contribution in [-0.4, -0.2) is 35.3 Å². The van der Waals surface area contributed by atoms with E-state index in [0.717, 1.165) is 16.5 Å². The van der Waals surface area contributed by atoms with E-state index < -0.39 is 0 Å². The standard InChI is InChI=1S/C17H17N3O2S/c1-20(10-12-6-7-23-11-12)16(21)9-18-17(22)15-8-13-4-2-3-5-14(13)19-15/h2-8,11,19H,9-10H2,1H3,(H,18,22). The normalized spacial score (nSPS) is 10.7. The lowest BCUT2D eigenvalue weighted by Crippen LogP contribution is -2.37. The Morgan fingerprint density at radius 1 is 1.26 bits per heavy atom. The van der Waals surface area contributed by atoms with Crippen molar-refractivity contribution >= 4 is 34.1 Å². The SMILES string of the molecule is CN(Cc1ccsc1)C(=O)CNC(=O)c1cc2ccccc2[nH]1. The maximum absolute atomic E-state index is 12.1. The van der Waals surface area contributed by atoms with Gasteiger partial charge in [-0.3, -0.25) is 9.59 Å². The Balaban J connectivity index is 1.56. The minimum Gasteiger partial charge on any atom is -0.351 e. The quantitative estimate of drug-likeness (QED) is 0.756. The molecule has 0 atom stereocenters. The molecule has 6 heteroatoms. The van der Waals surface area contributed by atoms with Crippen molar-refractivity contribution in [2.24, 2.45) is 0 Å². The molecule has 0 saturated carbocycles. The second-order valence-electron chi connectivity index (χ2n) is 5.33. The summed E-state index contributed by atoms with van der Waals surface area (Å²) >= 11 is 1.60. The van der Waals surface area contributed by atoms with Gasteiger partial charge in [-0.15, -0.1) is 0 Å². The summed E-state index contributed by atoms with van der Waals surface area (Å²) in [6.07, 6.45) is 0. The third kappa shape index (κ3) is 3.60. The smallest absolute Gasteiger partial charge is 0.268 e. The fourth-order valence-electron chi connectivity index (χ4n) is 2.33. The number of hydrogen-bond acceptors (Lipinski definition) is 3. The van der Waals surface area contributed by atoms with Crippen LogP contribution >= 0.6 is 11.3 Å². The Labute approximate surface area is 137 Å². The molecule has 118 valence electrons. The van der Waals surface area contributed by atoms with Crippen molar-refractivity contribution in [3.63, 3.8) is 0 Å². The van der Waals surface area contributed by atoms with Crippen LogP contribution in [0.3, 0.4) is 0 Å². The van der Waals surface area contributed by atoms with E-state index in [1.165, 1.54) is 0 Å². The molecule has 3 aromatic rings. The molecule has 0 aliphatic rings. The van der Waals surface area contributed by atoms with Gasteiger partial charge in [0.15, 0.2) is 0 Å². The summed E-state index contributed by atoms with van der Waals surface area (Å²) in [5.74, 6) is -0.404. The number of nitrogens with zero attached hydrogens (tertiary/aromatic N) is 1. The first kappa shape index (κ1) is 15.3. The van der Waals surface area contributed by atoms with Gasteiger partial charge in [0.25, 0.3) is 5.91 Å². The molecule has 0 spiro atoms. The second-order valence-corrected chi connectivity index (χ2v) is 6.11. The number of thiophene rings is 1. The lowest BCUT2D eigenvalue weighted by atomic mass is 10.2. The van der Waals surface area contributed by atoms with Crippen LogP contribution in [0.1, 0.15) is 16.1 Å². The average molecular weight is 327 g/mol. The highest BCUT2D eigenvalue weighted by Gasteiger charge is 2.13. The maximum Gasteiger partial charge on any atom is 0.268 e. The number of likely N-dealkylation sites (N-methyl/N-ethyl adjacent to an activating group) is 1. The number of nitrogens with one attached hydrogen (secondary N) is 2. The summed E-state index contributed by atoms with van der Waals surface area (Å²) in [5.41, 5.74) is 2.45. The van der Waals surface area contributed by atoms with Gasteiger partial charge in [-0.05, 0) is 34.5 Å². The summed E-state index contributed by atoms with van der Waals surface area (Å²) in [7, 11) is 1.73. The molecule has 3 rings (SSSR count). The zero-order valence-electron chi connectivity index (χ0n) is 12.7. The Hall–Kier alpha value is -2.60. The summed E-state index contributed by atoms with van der Waals surface area (Å²) < 4.78 is 0. The predicted molar refractivity (Wildman–Crippen MR) is 91.4 cm³/mol. The van der Waals surface area contributed by atoms with Gasteiger partial charge in [-0.1, -0.05) is 18.2 Å². The molecule has 0 unspecified atom stereocenters. The zero-order valence-corrected chi connectivity index (χ0v) is 13.5. The minimum absolute atomic E-state index is 0.0190. The molecule has 0 bridgehead atoms.